The minimum atomic E-state index is -1.11. The van der Waals surface area contributed by atoms with Crippen LogP contribution in [-0.2, 0) is 4.79 Å². The summed E-state index contributed by atoms with van der Waals surface area (Å²) >= 11 is 1.83. The minimum absolute atomic E-state index is 0.122. The molecule has 0 aromatic carbocycles. The first-order valence-electron chi connectivity index (χ1n) is 9.02. The van der Waals surface area contributed by atoms with Gasteiger partial charge in [0, 0.05) is 18.6 Å². The van der Waals surface area contributed by atoms with Gasteiger partial charge in [0.2, 0.25) is 0 Å². The molecule has 4 nitrogen and oxygen atoms in total. The van der Waals surface area contributed by atoms with Crippen LogP contribution in [0.2, 0.25) is 0 Å². The van der Waals surface area contributed by atoms with E-state index in [1.807, 2.05) is 11.8 Å². The monoisotopic (exact) mass is 326 g/mol. The average molecular weight is 327 g/mol. The van der Waals surface area contributed by atoms with Crippen LogP contribution in [0, 0.1) is 0 Å². The molecule has 5 heteroatoms. The number of rotatable bonds is 3. The van der Waals surface area contributed by atoms with Crippen molar-refractivity contribution in [1.29, 1.82) is 0 Å². The number of nitrogens with one attached hydrogen (secondary N) is 1. The van der Waals surface area contributed by atoms with E-state index >= 15 is 0 Å². The average Bonchev–Trinajstić information content (AvgIpc) is 2.56. The molecule has 0 aromatic heterocycles. The lowest BCUT2D eigenvalue weighted by Gasteiger charge is -2.41. The van der Waals surface area contributed by atoms with E-state index in [2.05, 4.69) is 10.2 Å². The molecule has 2 N–H and O–H groups in total. The van der Waals surface area contributed by atoms with Crippen LogP contribution >= 0.6 is 11.8 Å². The highest BCUT2D eigenvalue weighted by Gasteiger charge is 2.39. The summed E-state index contributed by atoms with van der Waals surface area (Å²) in [5.74, 6) is 1.66. The summed E-state index contributed by atoms with van der Waals surface area (Å²) in [6.07, 6.45) is 10.2. The Bertz CT molecular complexity index is 379. The van der Waals surface area contributed by atoms with Gasteiger partial charge in [-0.15, -0.1) is 0 Å². The smallest absolute Gasteiger partial charge is 0.252 e. The van der Waals surface area contributed by atoms with Gasteiger partial charge in [-0.05, 0) is 56.6 Å². The van der Waals surface area contributed by atoms with Gasteiger partial charge in [-0.25, -0.2) is 0 Å². The molecule has 126 valence electrons. The van der Waals surface area contributed by atoms with Gasteiger partial charge >= 0.3 is 0 Å². The summed E-state index contributed by atoms with van der Waals surface area (Å²) in [4.78, 5) is 15.1. The van der Waals surface area contributed by atoms with Crippen molar-refractivity contribution in [2.45, 2.75) is 75.5 Å². The van der Waals surface area contributed by atoms with Crippen molar-refractivity contribution in [3.05, 3.63) is 0 Å². The van der Waals surface area contributed by atoms with Crippen LogP contribution < -0.4 is 5.32 Å². The third-order valence-electron chi connectivity index (χ3n) is 5.62. The number of carbonyl (C=O) groups excluding carboxylic acids is 1. The molecule has 3 aliphatic rings. The number of hydrogen-bond donors (Lipinski definition) is 2. The first-order valence-corrected chi connectivity index (χ1v) is 10.2. The number of aliphatic hydroxyl groups is 1. The standard InChI is InChI=1S/C17H30N2O2S/c20-16(17(21)8-11-22-12-9-17)18-14-5-4-10-19(13-14)15-6-2-1-3-7-15/h14-15,21H,1-13H2,(H,18,20)/t14-/m0/s1. The van der Waals surface area contributed by atoms with Crippen molar-refractivity contribution < 1.29 is 9.90 Å². The highest BCUT2D eigenvalue weighted by Crippen LogP contribution is 2.28. The van der Waals surface area contributed by atoms with E-state index in [1.165, 1.54) is 38.6 Å². The molecule has 1 saturated carbocycles. The Kier molecular flexibility index (Phi) is 5.69. The number of hydrogen-bond acceptors (Lipinski definition) is 4. The van der Waals surface area contributed by atoms with Gasteiger partial charge in [0.25, 0.3) is 5.91 Å². The zero-order chi connectivity index (χ0) is 15.4. The summed E-state index contributed by atoms with van der Waals surface area (Å²) in [6.45, 7) is 2.15. The number of carbonyl (C=O) groups is 1. The molecule has 2 saturated heterocycles. The predicted octanol–water partition coefficient (Wildman–Crippen LogP) is 2.16. The first kappa shape index (κ1) is 16.6. The number of likely N-dealkylation sites (tertiary alicyclic amines) is 1. The van der Waals surface area contributed by atoms with Gasteiger partial charge in [0.1, 0.15) is 5.60 Å². The number of nitrogens with zero attached hydrogens (tertiary/aromatic N) is 1. The van der Waals surface area contributed by atoms with Crippen LogP contribution in [0.5, 0.6) is 0 Å². The Hall–Kier alpha value is -0.260. The molecular weight excluding hydrogens is 296 g/mol. The van der Waals surface area contributed by atoms with E-state index in [4.69, 9.17) is 0 Å². The quantitative estimate of drug-likeness (QED) is 0.834. The molecular formula is C17H30N2O2S. The Morgan fingerprint density at radius 1 is 1.09 bits per heavy atom. The van der Waals surface area contributed by atoms with Gasteiger partial charge in [0.05, 0.1) is 0 Å². The van der Waals surface area contributed by atoms with Crippen molar-refractivity contribution in [2.75, 3.05) is 24.6 Å². The molecule has 1 aliphatic carbocycles. The lowest BCUT2D eigenvalue weighted by Crippen LogP contribution is -2.57. The predicted molar refractivity (Wildman–Crippen MR) is 91.1 cm³/mol. The van der Waals surface area contributed by atoms with Gasteiger partial charge in [-0.2, -0.15) is 11.8 Å². The van der Waals surface area contributed by atoms with Gasteiger partial charge in [-0.3, -0.25) is 9.69 Å². The molecule has 3 rings (SSSR count). The molecule has 3 fully saturated rings. The van der Waals surface area contributed by atoms with Crippen molar-refractivity contribution in [2.24, 2.45) is 0 Å². The van der Waals surface area contributed by atoms with Crippen molar-refractivity contribution in [1.82, 2.24) is 10.2 Å². The van der Waals surface area contributed by atoms with Crippen LogP contribution in [0.3, 0.4) is 0 Å². The van der Waals surface area contributed by atoms with Crippen molar-refractivity contribution >= 4 is 17.7 Å². The molecule has 0 aromatic rings. The van der Waals surface area contributed by atoms with Crippen molar-refractivity contribution in [3.63, 3.8) is 0 Å². The fraction of sp³-hybridized carbons (Fsp3) is 0.941. The molecule has 2 aliphatic heterocycles. The zero-order valence-corrected chi connectivity index (χ0v) is 14.4. The van der Waals surface area contributed by atoms with Crippen LogP contribution in [0.25, 0.3) is 0 Å². The van der Waals surface area contributed by atoms with E-state index in [0.29, 0.717) is 12.8 Å². The highest BCUT2D eigenvalue weighted by atomic mass is 32.2. The molecule has 0 spiro atoms. The maximum atomic E-state index is 12.5. The summed E-state index contributed by atoms with van der Waals surface area (Å²) in [5.41, 5.74) is -1.11. The minimum Gasteiger partial charge on any atom is -0.380 e. The summed E-state index contributed by atoms with van der Waals surface area (Å²) in [6, 6.07) is 0.949. The van der Waals surface area contributed by atoms with Crippen molar-refractivity contribution in [3.8, 4) is 0 Å². The highest BCUT2D eigenvalue weighted by molar-refractivity contribution is 7.99. The zero-order valence-electron chi connectivity index (χ0n) is 13.6. The fourth-order valence-electron chi connectivity index (χ4n) is 4.16. The second-order valence-corrected chi connectivity index (χ2v) is 8.47. The fourth-order valence-corrected chi connectivity index (χ4v) is 5.33. The Labute approximate surface area is 138 Å². The maximum Gasteiger partial charge on any atom is 0.252 e. The first-order chi connectivity index (χ1) is 10.7. The topological polar surface area (TPSA) is 52.6 Å². The van der Waals surface area contributed by atoms with E-state index < -0.39 is 5.60 Å². The number of piperidine rings is 1. The lowest BCUT2D eigenvalue weighted by molar-refractivity contribution is -0.141. The summed E-state index contributed by atoms with van der Waals surface area (Å²) in [7, 11) is 0. The third kappa shape index (κ3) is 3.98. The third-order valence-corrected chi connectivity index (χ3v) is 6.61. The second-order valence-electron chi connectivity index (χ2n) is 7.24. The van der Waals surface area contributed by atoms with Gasteiger partial charge in [0.15, 0.2) is 0 Å². The largest absolute Gasteiger partial charge is 0.380 e. The summed E-state index contributed by atoms with van der Waals surface area (Å²) in [5, 5.41) is 13.7. The van der Waals surface area contributed by atoms with Gasteiger partial charge in [-0.1, -0.05) is 19.3 Å². The normalized spacial score (nSPS) is 30.9. The molecule has 1 atom stereocenters. The Balaban J connectivity index is 1.52. The van der Waals surface area contributed by atoms with E-state index in [1.54, 1.807) is 0 Å². The molecule has 0 bridgehead atoms. The maximum absolute atomic E-state index is 12.5. The van der Waals surface area contributed by atoms with Crippen LogP contribution in [0.15, 0.2) is 0 Å². The SMILES string of the molecule is O=C(N[C@H]1CCCN(C2CCCCC2)C1)C1(O)CCSCC1. The Morgan fingerprint density at radius 3 is 2.55 bits per heavy atom. The van der Waals surface area contributed by atoms with E-state index in [-0.39, 0.29) is 11.9 Å². The van der Waals surface area contributed by atoms with Gasteiger partial charge < -0.3 is 10.4 Å². The lowest BCUT2D eigenvalue weighted by atomic mass is 9.91. The summed E-state index contributed by atoms with van der Waals surface area (Å²) < 4.78 is 0. The van der Waals surface area contributed by atoms with E-state index in [9.17, 15) is 9.90 Å². The number of thioether (sulfide) groups is 1. The van der Waals surface area contributed by atoms with Crippen LogP contribution in [-0.4, -0.2) is 58.2 Å². The second kappa shape index (κ2) is 7.54. The molecule has 0 unspecified atom stereocenters. The molecule has 22 heavy (non-hydrogen) atoms. The molecule has 0 radical (unpaired) electrons. The molecule has 2 heterocycles. The Morgan fingerprint density at radius 2 is 1.82 bits per heavy atom. The molecule has 1 amide bonds. The van der Waals surface area contributed by atoms with Crippen LogP contribution in [0.1, 0.15) is 57.8 Å². The van der Waals surface area contributed by atoms with E-state index in [0.717, 1.165) is 36.9 Å². The number of amides is 1. The van der Waals surface area contributed by atoms with Crippen LogP contribution in [0.4, 0.5) is 0 Å².